The standard InChI is InChI=1S/C29H39N3O/c1-20(2)32-19-22(25-9-3-4-11-27(25)32)12-13-28(33)31-15-7-8-21-16-23-17-24(29(21)31)18-30-14-6-5-10-26(23)30/h3-4,9,11,16,19-20,23-24,26,29H,5-8,10,12-15,17-18H2,1-2H3/t23-,24+,26+,29+/m0/s1. The predicted molar refractivity (Wildman–Crippen MR) is 134 cm³/mol. The van der Waals surface area contributed by atoms with Crippen molar-refractivity contribution in [1.29, 1.82) is 0 Å². The van der Waals surface area contributed by atoms with E-state index in [0.29, 0.717) is 30.3 Å². The molecule has 1 aromatic carbocycles. The van der Waals surface area contributed by atoms with Crippen LogP contribution in [0.2, 0.25) is 0 Å². The molecule has 4 heteroatoms. The van der Waals surface area contributed by atoms with Crippen LogP contribution in [0.15, 0.2) is 42.1 Å². The molecule has 4 aliphatic rings. The highest BCUT2D eigenvalue weighted by Gasteiger charge is 2.46. The average Bonchev–Trinajstić information content (AvgIpc) is 3.21. The number of benzene rings is 1. The fourth-order valence-corrected chi connectivity index (χ4v) is 7.54. The van der Waals surface area contributed by atoms with Crippen molar-refractivity contribution in [1.82, 2.24) is 14.4 Å². The summed E-state index contributed by atoms with van der Waals surface area (Å²) in [4.78, 5) is 18.7. The van der Waals surface area contributed by atoms with Gasteiger partial charge in [0.25, 0.3) is 0 Å². The van der Waals surface area contributed by atoms with E-state index in [4.69, 9.17) is 0 Å². The summed E-state index contributed by atoms with van der Waals surface area (Å²) in [5.41, 5.74) is 4.20. The number of aryl methyl sites for hydroxylation is 1. The van der Waals surface area contributed by atoms with Crippen molar-refractivity contribution in [2.75, 3.05) is 19.6 Å². The zero-order chi connectivity index (χ0) is 22.5. The summed E-state index contributed by atoms with van der Waals surface area (Å²) in [6, 6.07) is 10.2. The number of aromatic nitrogens is 1. The minimum Gasteiger partial charge on any atom is -0.345 e. The number of likely N-dealkylation sites (tertiary alicyclic amines) is 1. The number of carbonyl (C=O) groups is 1. The Morgan fingerprint density at radius 2 is 2.00 bits per heavy atom. The fraction of sp³-hybridized carbons (Fsp3) is 0.621. The number of nitrogens with zero attached hydrogens (tertiary/aromatic N) is 3. The summed E-state index contributed by atoms with van der Waals surface area (Å²) < 4.78 is 2.36. The highest BCUT2D eigenvalue weighted by Crippen LogP contribution is 2.45. The fourth-order valence-electron chi connectivity index (χ4n) is 7.54. The Morgan fingerprint density at radius 1 is 1.12 bits per heavy atom. The quantitative estimate of drug-likeness (QED) is 0.575. The van der Waals surface area contributed by atoms with Crippen LogP contribution in [0.25, 0.3) is 10.9 Å². The largest absolute Gasteiger partial charge is 0.345 e. The first-order chi connectivity index (χ1) is 16.1. The minimum absolute atomic E-state index is 0.363. The molecule has 4 atom stereocenters. The van der Waals surface area contributed by atoms with E-state index in [0.717, 1.165) is 31.3 Å². The maximum atomic E-state index is 13.6. The van der Waals surface area contributed by atoms with Gasteiger partial charge in [-0.3, -0.25) is 9.69 Å². The summed E-state index contributed by atoms with van der Waals surface area (Å²) in [5, 5.41) is 1.31. The predicted octanol–water partition coefficient (Wildman–Crippen LogP) is 5.58. The molecule has 4 nitrogen and oxygen atoms in total. The minimum atomic E-state index is 0.363. The van der Waals surface area contributed by atoms with E-state index in [1.807, 2.05) is 0 Å². The van der Waals surface area contributed by atoms with Gasteiger partial charge in [0.15, 0.2) is 0 Å². The number of hydrogen-bond acceptors (Lipinski definition) is 2. The van der Waals surface area contributed by atoms with Gasteiger partial charge in [-0.1, -0.05) is 36.3 Å². The van der Waals surface area contributed by atoms with Crippen LogP contribution in [-0.4, -0.2) is 52.0 Å². The van der Waals surface area contributed by atoms with E-state index < -0.39 is 0 Å². The van der Waals surface area contributed by atoms with Crippen LogP contribution in [0, 0.1) is 11.8 Å². The number of piperidine rings is 3. The van der Waals surface area contributed by atoms with Crippen molar-refractivity contribution in [3.63, 3.8) is 0 Å². The Labute approximate surface area is 198 Å². The average molecular weight is 446 g/mol. The Morgan fingerprint density at radius 3 is 2.88 bits per heavy atom. The van der Waals surface area contributed by atoms with E-state index in [9.17, 15) is 4.79 Å². The van der Waals surface area contributed by atoms with Gasteiger partial charge in [-0.25, -0.2) is 0 Å². The first-order valence-electron chi connectivity index (χ1n) is 13.4. The molecule has 6 rings (SSSR count). The van der Waals surface area contributed by atoms with Crippen molar-refractivity contribution in [2.45, 2.75) is 83.3 Å². The normalized spacial score (nSPS) is 29.7. The molecule has 0 unspecified atom stereocenters. The molecule has 33 heavy (non-hydrogen) atoms. The molecule has 0 spiro atoms. The number of fused-ring (bicyclic) bond motifs is 7. The molecule has 3 saturated heterocycles. The summed E-state index contributed by atoms with van der Waals surface area (Å²) in [6.45, 7) is 7.88. The van der Waals surface area contributed by atoms with Gasteiger partial charge in [0, 0.05) is 48.7 Å². The third kappa shape index (κ3) is 3.75. The Bertz CT molecular complexity index is 1070. The van der Waals surface area contributed by atoms with Crippen molar-refractivity contribution in [3.05, 3.63) is 47.7 Å². The second-order valence-electron chi connectivity index (χ2n) is 11.3. The maximum absolute atomic E-state index is 13.6. The van der Waals surface area contributed by atoms with Crippen LogP contribution in [0.1, 0.15) is 70.4 Å². The lowest BCUT2D eigenvalue weighted by atomic mass is 9.68. The van der Waals surface area contributed by atoms with Crippen molar-refractivity contribution in [3.8, 4) is 0 Å². The van der Waals surface area contributed by atoms with Crippen molar-refractivity contribution >= 4 is 16.8 Å². The van der Waals surface area contributed by atoms with Gasteiger partial charge in [-0.15, -0.1) is 0 Å². The highest BCUT2D eigenvalue weighted by atomic mass is 16.2. The van der Waals surface area contributed by atoms with Crippen LogP contribution in [0.5, 0.6) is 0 Å². The zero-order valence-electron chi connectivity index (χ0n) is 20.4. The Balaban J connectivity index is 1.21. The van der Waals surface area contributed by atoms with Crippen LogP contribution >= 0.6 is 0 Å². The lowest BCUT2D eigenvalue weighted by molar-refractivity contribution is -0.136. The molecule has 0 radical (unpaired) electrons. The second-order valence-corrected chi connectivity index (χ2v) is 11.3. The number of para-hydroxylation sites is 1. The van der Waals surface area contributed by atoms with Crippen molar-refractivity contribution in [2.24, 2.45) is 11.8 Å². The van der Waals surface area contributed by atoms with E-state index in [1.165, 1.54) is 61.7 Å². The van der Waals surface area contributed by atoms with E-state index in [2.05, 4.69) is 64.8 Å². The van der Waals surface area contributed by atoms with E-state index >= 15 is 0 Å². The first kappa shape index (κ1) is 21.5. The molecule has 176 valence electrons. The monoisotopic (exact) mass is 445 g/mol. The lowest BCUT2D eigenvalue weighted by Gasteiger charge is -2.54. The molecule has 1 aromatic heterocycles. The van der Waals surface area contributed by atoms with E-state index in [-0.39, 0.29) is 0 Å². The van der Waals surface area contributed by atoms with Crippen LogP contribution in [0.3, 0.4) is 0 Å². The summed E-state index contributed by atoms with van der Waals surface area (Å²) in [5.74, 6) is 1.73. The smallest absolute Gasteiger partial charge is 0.223 e. The molecule has 0 N–H and O–H groups in total. The van der Waals surface area contributed by atoms with Crippen LogP contribution in [0.4, 0.5) is 0 Å². The van der Waals surface area contributed by atoms with Gasteiger partial charge >= 0.3 is 0 Å². The molecular formula is C29H39N3O. The number of carbonyl (C=O) groups excluding carboxylic acids is 1. The van der Waals surface area contributed by atoms with Crippen molar-refractivity contribution < 1.29 is 4.79 Å². The molecule has 2 aromatic rings. The molecule has 3 fully saturated rings. The molecule has 3 aliphatic heterocycles. The maximum Gasteiger partial charge on any atom is 0.223 e. The number of hydrogen-bond donors (Lipinski definition) is 0. The van der Waals surface area contributed by atoms with E-state index in [1.54, 1.807) is 5.57 Å². The van der Waals surface area contributed by atoms with Crippen LogP contribution < -0.4 is 0 Å². The third-order valence-corrected chi connectivity index (χ3v) is 8.97. The second kappa shape index (κ2) is 8.61. The summed E-state index contributed by atoms with van der Waals surface area (Å²) >= 11 is 0. The Kier molecular flexibility index (Phi) is 5.60. The molecule has 2 bridgehead atoms. The lowest BCUT2D eigenvalue weighted by Crippen LogP contribution is -2.60. The van der Waals surface area contributed by atoms with Gasteiger partial charge < -0.3 is 9.47 Å². The van der Waals surface area contributed by atoms with Gasteiger partial charge in [-0.2, -0.15) is 0 Å². The molecular weight excluding hydrogens is 406 g/mol. The van der Waals surface area contributed by atoms with Gasteiger partial charge in [0.2, 0.25) is 5.91 Å². The SMILES string of the molecule is CC(C)n1cc(CCC(=O)N2CCCC3=C[C@H]4C[C@H](CN5CCCC[C@H]45)[C@@H]32)c2ccccc21. The topological polar surface area (TPSA) is 28.5 Å². The van der Waals surface area contributed by atoms with Gasteiger partial charge in [0.05, 0.1) is 6.04 Å². The van der Waals surface area contributed by atoms with Gasteiger partial charge in [-0.05, 0) is 82.4 Å². The Hall–Kier alpha value is -2.07. The molecule has 1 amide bonds. The van der Waals surface area contributed by atoms with Gasteiger partial charge in [0.1, 0.15) is 0 Å². The van der Waals surface area contributed by atoms with Crippen LogP contribution in [-0.2, 0) is 11.2 Å². The summed E-state index contributed by atoms with van der Waals surface area (Å²) in [7, 11) is 0. The molecule has 4 heterocycles. The number of rotatable bonds is 4. The molecule has 1 aliphatic carbocycles. The third-order valence-electron chi connectivity index (χ3n) is 8.97. The highest BCUT2D eigenvalue weighted by molar-refractivity contribution is 5.85. The first-order valence-corrected chi connectivity index (χ1v) is 13.4. The zero-order valence-corrected chi connectivity index (χ0v) is 20.4. The summed E-state index contributed by atoms with van der Waals surface area (Å²) in [6.07, 6.45) is 14.1. The number of amides is 1. The molecule has 0 saturated carbocycles.